The topological polar surface area (TPSA) is 59.4 Å². The standard InChI is InChI=1S/C24H25BrF2N4O2/c1-16-29-23(33-15-19-6-7-20(26)12-21(19)27)22(25)24(32)31(16)14-18-4-2-17(3-5-18)13-30-10-8-28-9-11-30/h2-7,12,28H,8-11,13-15H2,1H3. The minimum Gasteiger partial charge on any atom is -0.472 e. The van der Waals surface area contributed by atoms with E-state index >= 15 is 0 Å². The number of nitrogens with zero attached hydrogens (tertiary/aromatic N) is 3. The van der Waals surface area contributed by atoms with Crippen molar-refractivity contribution in [2.45, 2.75) is 26.6 Å². The quantitative estimate of drug-likeness (QED) is 0.517. The largest absolute Gasteiger partial charge is 0.472 e. The zero-order chi connectivity index (χ0) is 23.4. The van der Waals surface area contributed by atoms with Crippen LogP contribution in [-0.4, -0.2) is 40.6 Å². The molecular weight excluding hydrogens is 494 g/mol. The van der Waals surface area contributed by atoms with E-state index in [9.17, 15) is 13.6 Å². The molecule has 2 heterocycles. The van der Waals surface area contributed by atoms with E-state index in [2.05, 4.69) is 43.3 Å². The fourth-order valence-corrected chi connectivity index (χ4v) is 4.16. The first kappa shape index (κ1) is 23.5. The lowest BCUT2D eigenvalue weighted by Gasteiger charge is -2.27. The van der Waals surface area contributed by atoms with Gasteiger partial charge in [-0.15, -0.1) is 0 Å². The van der Waals surface area contributed by atoms with E-state index < -0.39 is 11.6 Å². The maximum atomic E-state index is 13.9. The summed E-state index contributed by atoms with van der Waals surface area (Å²) < 4.78 is 34.2. The molecule has 1 fully saturated rings. The highest BCUT2D eigenvalue weighted by Crippen LogP contribution is 2.21. The number of ether oxygens (including phenoxy) is 1. The number of aryl methyl sites for hydroxylation is 1. The van der Waals surface area contributed by atoms with E-state index in [1.807, 2.05) is 12.1 Å². The summed E-state index contributed by atoms with van der Waals surface area (Å²) in [5, 5.41) is 3.35. The first-order valence-corrected chi connectivity index (χ1v) is 11.5. The van der Waals surface area contributed by atoms with Gasteiger partial charge in [0.15, 0.2) is 0 Å². The highest BCUT2D eigenvalue weighted by atomic mass is 79.9. The summed E-state index contributed by atoms with van der Waals surface area (Å²) in [6, 6.07) is 11.5. The zero-order valence-electron chi connectivity index (χ0n) is 18.3. The van der Waals surface area contributed by atoms with Crippen LogP contribution in [0.15, 0.2) is 51.7 Å². The number of hydrogen-bond acceptors (Lipinski definition) is 5. The third kappa shape index (κ3) is 5.85. The summed E-state index contributed by atoms with van der Waals surface area (Å²) >= 11 is 3.26. The van der Waals surface area contributed by atoms with Gasteiger partial charge >= 0.3 is 0 Å². The van der Waals surface area contributed by atoms with Crippen molar-refractivity contribution in [3.8, 4) is 5.88 Å². The van der Waals surface area contributed by atoms with Crippen LogP contribution in [0.25, 0.3) is 0 Å². The molecule has 174 valence electrons. The maximum Gasteiger partial charge on any atom is 0.272 e. The Labute approximate surface area is 199 Å². The Morgan fingerprint density at radius 2 is 1.73 bits per heavy atom. The normalized spacial score (nSPS) is 14.4. The molecule has 1 aromatic heterocycles. The molecule has 3 aromatic rings. The lowest BCUT2D eigenvalue weighted by Crippen LogP contribution is -2.42. The molecule has 0 spiro atoms. The van der Waals surface area contributed by atoms with Crippen molar-refractivity contribution in [2.75, 3.05) is 26.2 Å². The Balaban J connectivity index is 1.45. The van der Waals surface area contributed by atoms with E-state index in [1.165, 1.54) is 11.6 Å². The van der Waals surface area contributed by atoms with Crippen molar-refractivity contribution in [1.29, 1.82) is 0 Å². The molecule has 1 aliphatic rings. The summed E-state index contributed by atoms with van der Waals surface area (Å²) in [6.45, 7) is 6.94. The van der Waals surface area contributed by atoms with Gasteiger partial charge in [-0.05, 0) is 46.1 Å². The second-order valence-corrected chi connectivity index (χ2v) is 8.83. The summed E-state index contributed by atoms with van der Waals surface area (Å²) in [5.41, 5.74) is 2.11. The van der Waals surface area contributed by atoms with E-state index in [0.717, 1.165) is 50.4 Å². The minimum atomic E-state index is -0.711. The van der Waals surface area contributed by atoms with Crippen LogP contribution in [0.5, 0.6) is 5.88 Å². The second-order valence-electron chi connectivity index (χ2n) is 8.04. The zero-order valence-corrected chi connectivity index (χ0v) is 19.9. The number of piperazine rings is 1. The van der Waals surface area contributed by atoms with Gasteiger partial charge in [0.2, 0.25) is 5.88 Å². The van der Waals surface area contributed by atoms with Crippen molar-refractivity contribution in [3.05, 3.63) is 91.4 Å². The predicted molar refractivity (Wildman–Crippen MR) is 125 cm³/mol. The van der Waals surface area contributed by atoms with Crippen molar-refractivity contribution < 1.29 is 13.5 Å². The lowest BCUT2D eigenvalue weighted by atomic mass is 10.1. The van der Waals surface area contributed by atoms with Gasteiger partial charge in [0.1, 0.15) is 28.5 Å². The van der Waals surface area contributed by atoms with Crippen LogP contribution in [0.3, 0.4) is 0 Å². The highest BCUT2D eigenvalue weighted by molar-refractivity contribution is 9.10. The average molecular weight is 519 g/mol. The molecule has 0 amide bonds. The fraction of sp³-hybridized carbons (Fsp3) is 0.333. The van der Waals surface area contributed by atoms with Crippen LogP contribution in [0, 0.1) is 18.6 Å². The first-order valence-electron chi connectivity index (χ1n) is 10.8. The number of rotatable bonds is 7. The number of nitrogens with one attached hydrogen (secondary N) is 1. The Bertz CT molecular complexity index is 1180. The van der Waals surface area contributed by atoms with E-state index in [-0.39, 0.29) is 28.1 Å². The fourth-order valence-electron chi connectivity index (χ4n) is 3.74. The molecule has 0 radical (unpaired) electrons. The number of aromatic nitrogens is 2. The van der Waals surface area contributed by atoms with Crippen LogP contribution in [0.2, 0.25) is 0 Å². The molecule has 4 rings (SSSR count). The summed E-state index contributed by atoms with van der Waals surface area (Å²) in [6.07, 6.45) is 0. The number of hydrogen-bond donors (Lipinski definition) is 1. The molecule has 2 aromatic carbocycles. The Morgan fingerprint density at radius 1 is 1.06 bits per heavy atom. The molecule has 9 heteroatoms. The van der Waals surface area contributed by atoms with Crippen LogP contribution < -0.4 is 15.6 Å². The monoisotopic (exact) mass is 518 g/mol. The van der Waals surface area contributed by atoms with Gasteiger partial charge in [-0.1, -0.05) is 24.3 Å². The van der Waals surface area contributed by atoms with Crippen molar-refractivity contribution in [1.82, 2.24) is 19.8 Å². The maximum absolute atomic E-state index is 13.9. The van der Waals surface area contributed by atoms with Gasteiger partial charge in [0, 0.05) is 44.4 Å². The van der Waals surface area contributed by atoms with Crippen LogP contribution in [0.4, 0.5) is 8.78 Å². The smallest absolute Gasteiger partial charge is 0.272 e. The van der Waals surface area contributed by atoms with Gasteiger partial charge in [-0.25, -0.2) is 8.78 Å². The average Bonchev–Trinajstić information content (AvgIpc) is 2.81. The molecule has 0 atom stereocenters. The minimum absolute atomic E-state index is 0.0730. The van der Waals surface area contributed by atoms with Gasteiger partial charge in [-0.3, -0.25) is 14.3 Å². The molecular formula is C24H25BrF2N4O2. The molecule has 1 N–H and O–H groups in total. The summed E-state index contributed by atoms with van der Waals surface area (Å²) in [4.78, 5) is 19.7. The second kappa shape index (κ2) is 10.5. The van der Waals surface area contributed by atoms with Crippen LogP contribution >= 0.6 is 15.9 Å². The number of halogens is 3. The molecule has 6 nitrogen and oxygen atoms in total. The van der Waals surface area contributed by atoms with Crippen LogP contribution in [0.1, 0.15) is 22.5 Å². The Kier molecular flexibility index (Phi) is 7.52. The Hall–Kier alpha value is -2.62. The first-order chi connectivity index (χ1) is 15.9. The molecule has 1 saturated heterocycles. The highest BCUT2D eigenvalue weighted by Gasteiger charge is 2.16. The van der Waals surface area contributed by atoms with Crippen LogP contribution in [-0.2, 0) is 19.7 Å². The third-order valence-corrected chi connectivity index (χ3v) is 6.31. The molecule has 0 unspecified atom stereocenters. The number of benzene rings is 2. The van der Waals surface area contributed by atoms with Crippen molar-refractivity contribution >= 4 is 15.9 Å². The van der Waals surface area contributed by atoms with Crippen molar-refractivity contribution in [2.24, 2.45) is 0 Å². The van der Waals surface area contributed by atoms with E-state index in [1.54, 1.807) is 11.5 Å². The van der Waals surface area contributed by atoms with E-state index in [0.29, 0.717) is 12.4 Å². The Morgan fingerprint density at radius 3 is 2.39 bits per heavy atom. The summed E-state index contributed by atoms with van der Waals surface area (Å²) in [5.74, 6) is -0.825. The van der Waals surface area contributed by atoms with Gasteiger partial charge in [0.05, 0.1) is 6.54 Å². The molecule has 0 bridgehead atoms. The lowest BCUT2D eigenvalue weighted by molar-refractivity contribution is 0.233. The SMILES string of the molecule is Cc1nc(OCc2ccc(F)cc2F)c(Br)c(=O)n1Cc1ccc(CN2CCNCC2)cc1. The molecule has 0 aliphatic carbocycles. The summed E-state index contributed by atoms with van der Waals surface area (Å²) in [7, 11) is 0. The van der Waals surface area contributed by atoms with E-state index in [4.69, 9.17) is 4.74 Å². The molecule has 1 aliphatic heterocycles. The molecule has 33 heavy (non-hydrogen) atoms. The van der Waals surface area contributed by atoms with Gasteiger partial charge < -0.3 is 10.1 Å². The third-order valence-electron chi connectivity index (χ3n) is 5.63. The molecule has 0 saturated carbocycles. The van der Waals surface area contributed by atoms with Crippen molar-refractivity contribution in [3.63, 3.8) is 0 Å². The van der Waals surface area contributed by atoms with Gasteiger partial charge in [0.25, 0.3) is 5.56 Å². The predicted octanol–water partition coefficient (Wildman–Crippen LogP) is 3.62. The van der Waals surface area contributed by atoms with Gasteiger partial charge in [-0.2, -0.15) is 4.98 Å².